The number of amides is 2. The Labute approximate surface area is 140 Å². The van der Waals surface area contributed by atoms with Crippen molar-refractivity contribution in [1.82, 2.24) is 14.8 Å². The van der Waals surface area contributed by atoms with Crippen LogP contribution in [0.25, 0.3) is 10.9 Å². The van der Waals surface area contributed by atoms with Gasteiger partial charge in [0.15, 0.2) is 0 Å². The van der Waals surface area contributed by atoms with Crippen LogP contribution in [0.3, 0.4) is 0 Å². The molecule has 0 atom stereocenters. The van der Waals surface area contributed by atoms with E-state index in [1.54, 1.807) is 0 Å². The molecule has 2 aliphatic heterocycles. The van der Waals surface area contributed by atoms with E-state index in [1.807, 2.05) is 40.3 Å². The van der Waals surface area contributed by atoms with Crippen LogP contribution in [-0.2, 0) is 16.0 Å². The van der Waals surface area contributed by atoms with E-state index in [0.29, 0.717) is 32.7 Å². The monoisotopic (exact) mass is 327 g/mol. The highest BCUT2D eigenvalue weighted by Gasteiger charge is 2.33. The van der Waals surface area contributed by atoms with Crippen molar-refractivity contribution in [2.24, 2.45) is 0 Å². The Balaban J connectivity index is 1.37. The molecule has 2 saturated heterocycles. The molecule has 0 unspecified atom stereocenters. The van der Waals surface area contributed by atoms with Gasteiger partial charge in [-0.15, -0.1) is 0 Å². The minimum Gasteiger partial charge on any atom is -0.448 e. The molecule has 0 spiro atoms. The lowest BCUT2D eigenvalue weighted by Crippen LogP contribution is -2.47. The molecule has 6 nitrogen and oxygen atoms in total. The van der Waals surface area contributed by atoms with E-state index in [9.17, 15) is 9.59 Å². The lowest BCUT2D eigenvalue weighted by Gasteiger charge is -2.35. The van der Waals surface area contributed by atoms with Crippen molar-refractivity contribution in [2.75, 3.05) is 26.2 Å². The van der Waals surface area contributed by atoms with Gasteiger partial charge in [0.25, 0.3) is 0 Å². The summed E-state index contributed by atoms with van der Waals surface area (Å²) in [6, 6.07) is 8.24. The number of nitrogens with one attached hydrogen (secondary N) is 1. The summed E-state index contributed by atoms with van der Waals surface area (Å²) in [6.45, 7) is 2.57. The summed E-state index contributed by atoms with van der Waals surface area (Å²) < 4.78 is 5.01. The molecule has 24 heavy (non-hydrogen) atoms. The van der Waals surface area contributed by atoms with Gasteiger partial charge >= 0.3 is 6.09 Å². The molecule has 2 amide bonds. The van der Waals surface area contributed by atoms with E-state index in [0.717, 1.165) is 29.3 Å². The predicted octanol–water partition coefficient (Wildman–Crippen LogP) is 2.15. The third-order valence-electron chi connectivity index (χ3n) is 5.07. The Bertz CT molecular complexity index is 762. The first-order chi connectivity index (χ1) is 11.7. The summed E-state index contributed by atoms with van der Waals surface area (Å²) in [5, 5.41) is 1.11. The van der Waals surface area contributed by atoms with Crippen molar-refractivity contribution < 1.29 is 14.3 Å². The van der Waals surface area contributed by atoms with Crippen LogP contribution < -0.4 is 0 Å². The largest absolute Gasteiger partial charge is 0.448 e. The van der Waals surface area contributed by atoms with Crippen LogP contribution in [0, 0.1) is 0 Å². The lowest BCUT2D eigenvalue weighted by atomic mass is 10.0. The van der Waals surface area contributed by atoms with E-state index in [4.69, 9.17) is 4.74 Å². The molecule has 1 N–H and O–H groups in total. The fourth-order valence-corrected chi connectivity index (χ4v) is 3.72. The second kappa shape index (κ2) is 6.19. The highest BCUT2D eigenvalue weighted by molar-refractivity contribution is 5.88. The third-order valence-corrected chi connectivity index (χ3v) is 5.07. The van der Waals surface area contributed by atoms with Crippen molar-refractivity contribution in [1.29, 1.82) is 0 Å². The molecule has 1 aromatic heterocycles. The minimum atomic E-state index is -0.210. The average Bonchev–Trinajstić information content (AvgIpc) is 3.22. The summed E-state index contributed by atoms with van der Waals surface area (Å²) in [5.74, 6) is 0.155. The summed E-state index contributed by atoms with van der Waals surface area (Å²) >= 11 is 0. The van der Waals surface area contributed by atoms with Crippen molar-refractivity contribution in [3.8, 4) is 0 Å². The second-order valence-electron chi connectivity index (χ2n) is 6.46. The summed E-state index contributed by atoms with van der Waals surface area (Å²) in [7, 11) is 0. The van der Waals surface area contributed by atoms with Crippen LogP contribution in [0.1, 0.15) is 18.4 Å². The number of cyclic esters (lactones) is 1. The van der Waals surface area contributed by atoms with E-state index in [-0.39, 0.29) is 18.0 Å². The number of carbonyl (C=O) groups is 2. The van der Waals surface area contributed by atoms with E-state index in [2.05, 4.69) is 4.98 Å². The zero-order valence-corrected chi connectivity index (χ0v) is 13.5. The van der Waals surface area contributed by atoms with Gasteiger partial charge in [-0.3, -0.25) is 4.79 Å². The molecule has 4 rings (SSSR count). The first-order valence-corrected chi connectivity index (χ1v) is 8.48. The van der Waals surface area contributed by atoms with Gasteiger partial charge in [0, 0.05) is 36.2 Å². The third kappa shape index (κ3) is 2.72. The Morgan fingerprint density at radius 3 is 2.75 bits per heavy atom. The maximum atomic E-state index is 12.6. The number of hydrogen-bond donors (Lipinski definition) is 1. The van der Waals surface area contributed by atoms with Crippen molar-refractivity contribution in [3.63, 3.8) is 0 Å². The number of benzene rings is 1. The van der Waals surface area contributed by atoms with Gasteiger partial charge in [-0.25, -0.2) is 4.79 Å². The Kier molecular flexibility index (Phi) is 3.88. The number of hydrogen-bond acceptors (Lipinski definition) is 3. The average molecular weight is 327 g/mol. The van der Waals surface area contributed by atoms with Gasteiger partial charge in [0.1, 0.15) is 6.61 Å². The van der Waals surface area contributed by atoms with Crippen LogP contribution in [0.2, 0.25) is 0 Å². The van der Waals surface area contributed by atoms with Crippen LogP contribution in [-0.4, -0.2) is 59.1 Å². The molecule has 126 valence electrons. The molecular weight excluding hydrogens is 306 g/mol. The Morgan fingerprint density at radius 1 is 1.21 bits per heavy atom. The normalized spacial score (nSPS) is 19.1. The van der Waals surface area contributed by atoms with Gasteiger partial charge in [0.05, 0.1) is 13.0 Å². The van der Waals surface area contributed by atoms with E-state index in [1.165, 1.54) is 0 Å². The fourth-order valence-electron chi connectivity index (χ4n) is 3.72. The Hall–Kier alpha value is -2.50. The first kappa shape index (κ1) is 15.1. The number of fused-ring (bicyclic) bond motifs is 1. The number of aromatic amines is 1. The number of ether oxygens (including phenoxy) is 1. The number of H-pyrrole nitrogens is 1. The zero-order valence-electron chi connectivity index (χ0n) is 13.5. The van der Waals surface area contributed by atoms with Crippen molar-refractivity contribution >= 4 is 22.9 Å². The fraction of sp³-hybridized carbons (Fsp3) is 0.444. The maximum Gasteiger partial charge on any atom is 0.410 e. The highest BCUT2D eigenvalue weighted by atomic mass is 16.6. The molecule has 0 aliphatic carbocycles. The van der Waals surface area contributed by atoms with Gasteiger partial charge in [-0.1, -0.05) is 18.2 Å². The zero-order chi connectivity index (χ0) is 16.5. The van der Waals surface area contributed by atoms with Crippen molar-refractivity contribution in [3.05, 3.63) is 36.0 Å². The molecule has 2 aliphatic rings. The molecule has 0 bridgehead atoms. The van der Waals surface area contributed by atoms with Crippen LogP contribution in [0.15, 0.2) is 30.5 Å². The Morgan fingerprint density at radius 2 is 2.00 bits per heavy atom. The maximum absolute atomic E-state index is 12.6. The van der Waals surface area contributed by atoms with E-state index >= 15 is 0 Å². The smallest absolute Gasteiger partial charge is 0.410 e. The van der Waals surface area contributed by atoms with Crippen LogP contribution in [0.5, 0.6) is 0 Å². The number of aromatic nitrogens is 1. The molecule has 2 aromatic rings. The second-order valence-corrected chi connectivity index (χ2v) is 6.46. The van der Waals surface area contributed by atoms with Gasteiger partial charge in [-0.05, 0) is 24.5 Å². The van der Waals surface area contributed by atoms with Crippen molar-refractivity contribution in [2.45, 2.75) is 25.3 Å². The number of likely N-dealkylation sites (tertiary alicyclic amines) is 1. The summed E-state index contributed by atoms with van der Waals surface area (Å²) in [6.07, 6.45) is 3.79. The topological polar surface area (TPSA) is 65.6 Å². The number of piperidine rings is 1. The number of para-hydroxylation sites is 1. The molecule has 6 heteroatoms. The summed E-state index contributed by atoms with van der Waals surface area (Å²) in [5.41, 5.74) is 2.10. The first-order valence-electron chi connectivity index (χ1n) is 8.48. The quantitative estimate of drug-likeness (QED) is 0.939. The van der Waals surface area contributed by atoms with Crippen LogP contribution in [0.4, 0.5) is 4.79 Å². The predicted molar refractivity (Wildman–Crippen MR) is 89.7 cm³/mol. The van der Waals surface area contributed by atoms with Gasteiger partial charge in [0.2, 0.25) is 5.91 Å². The molecule has 0 saturated carbocycles. The number of nitrogens with zero attached hydrogens (tertiary/aromatic N) is 2. The number of rotatable bonds is 3. The molecule has 0 radical (unpaired) electrons. The number of carbonyl (C=O) groups excluding carboxylic acids is 2. The van der Waals surface area contributed by atoms with E-state index < -0.39 is 0 Å². The molecular formula is C18H21N3O3. The lowest BCUT2D eigenvalue weighted by molar-refractivity contribution is -0.131. The SMILES string of the molecule is O=C(Cc1c[nH]c2ccccc12)N1CCC(N2CCOC2=O)CC1. The van der Waals surface area contributed by atoms with Gasteiger partial charge < -0.3 is 19.5 Å². The summed E-state index contributed by atoms with van der Waals surface area (Å²) in [4.78, 5) is 31.2. The molecule has 1 aromatic carbocycles. The standard InChI is InChI=1S/C18H21N3O3/c22-17(11-13-12-19-16-4-2-1-3-15(13)16)20-7-5-14(6-8-20)21-9-10-24-18(21)23/h1-4,12,14,19H,5-11H2. The van der Waals surface area contributed by atoms with Gasteiger partial charge in [-0.2, -0.15) is 0 Å². The van der Waals surface area contributed by atoms with Crippen LogP contribution >= 0.6 is 0 Å². The minimum absolute atomic E-state index is 0.155. The molecule has 2 fully saturated rings. The highest BCUT2D eigenvalue weighted by Crippen LogP contribution is 2.22. The molecule has 3 heterocycles.